The van der Waals surface area contributed by atoms with Crippen LogP contribution < -0.4 is 11.1 Å². The molecular formula is C22H28F2N4O. The standard InChI is InChI=1S/C20H21F2N3O.C2H7N/c1-13(20-16(22)3-2-8-23-20)18-12-26-19-11-25(10-17(19)24-18)9-14-4-6-15(21)7-5-14;1-2-3/h2-8,17,19,24H,9-12H2,1H3;2-3H2,1H3/b18-13+;/t17-,19-;/m1./s1. The Morgan fingerprint density at radius 2 is 1.97 bits per heavy atom. The molecule has 29 heavy (non-hydrogen) atoms. The molecule has 3 heterocycles. The molecule has 7 heteroatoms. The minimum atomic E-state index is -0.328. The van der Waals surface area contributed by atoms with Crippen LogP contribution in [0.1, 0.15) is 25.1 Å². The van der Waals surface area contributed by atoms with Gasteiger partial charge in [0.25, 0.3) is 0 Å². The van der Waals surface area contributed by atoms with Gasteiger partial charge in [0, 0.05) is 31.5 Å². The fraction of sp³-hybridized carbons (Fsp3) is 0.409. The molecule has 0 amide bonds. The van der Waals surface area contributed by atoms with Crippen molar-refractivity contribution in [1.29, 1.82) is 0 Å². The third-order valence-corrected chi connectivity index (χ3v) is 5.03. The Morgan fingerprint density at radius 3 is 2.66 bits per heavy atom. The smallest absolute Gasteiger partial charge is 0.149 e. The summed E-state index contributed by atoms with van der Waals surface area (Å²) in [6, 6.07) is 9.75. The number of nitrogens with zero attached hydrogens (tertiary/aromatic N) is 2. The predicted octanol–water partition coefficient (Wildman–Crippen LogP) is 2.93. The summed E-state index contributed by atoms with van der Waals surface area (Å²) >= 11 is 0. The van der Waals surface area contributed by atoms with Gasteiger partial charge in [-0.15, -0.1) is 0 Å². The highest BCUT2D eigenvalue weighted by Gasteiger charge is 2.37. The monoisotopic (exact) mass is 402 g/mol. The number of nitrogens with two attached hydrogens (primary N) is 1. The molecule has 0 bridgehead atoms. The van der Waals surface area contributed by atoms with E-state index in [-0.39, 0.29) is 23.8 Å². The van der Waals surface area contributed by atoms with Crippen molar-refractivity contribution >= 4 is 5.57 Å². The fourth-order valence-corrected chi connectivity index (χ4v) is 3.61. The molecular weight excluding hydrogens is 374 g/mol. The van der Waals surface area contributed by atoms with E-state index in [4.69, 9.17) is 10.5 Å². The van der Waals surface area contributed by atoms with Crippen molar-refractivity contribution in [3.8, 4) is 0 Å². The number of hydrogen-bond acceptors (Lipinski definition) is 5. The van der Waals surface area contributed by atoms with Gasteiger partial charge in [-0.3, -0.25) is 9.88 Å². The van der Waals surface area contributed by atoms with E-state index in [9.17, 15) is 8.78 Å². The predicted molar refractivity (Wildman–Crippen MR) is 110 cm³/mol. The lowest BCUT2D eigenvalue weighted by atomic mass is 10.1. The summed E-state index contributed by atoms with van der Waals surface area (Å²) in [6.07, 6.45) is 1.69. The van der Waals surface area contributed by atoms with Gasteiger partial charge in [-0.05, 0) is 48.9 Å². The average molecular weight is 402 g/mol. The van der Waals surface area contributed by atoms with Crippen molar-refractivity contribution in [3.63, 3.8) is 0 Å². The van der Waals surface area contributed by atoms with Crippen molar-refractivity contribution < 1.29 is 13.5 Å². The normalized spacial score (nSPS) is 22.9. The Hall–Kier alpha value is -2.35. The Bertz CT molecular complexity index is 841. The summed E-state index contributed by atoms with van der Waals surface area (Å²) in [5, 5.41) is 3.51. The van der Waals surface area contributed by atoms with E-state index in [1.807, 2.05) is 26.0 Å². The number of pyridine rings is 1. The first-order valence-electron chi connectivity index (χ1n) is 9.87. The Balaban J connectivity index is 0.000000755. The quantitative estimate of drug-likeness (QED) is 0.827. The van der Waals surface area contributed by atoms with Gasteiger partial charge in [-0.25, -0.2) is 8.78 Å². The number of morpholine rings is 1. The second-order valence-electron chi connectivity index (χ2n) is 7.27. The lowest BCUT2D eigenvalue weighted by molar-refractivity contribution is 0.0363. The van der Waals surface area contributed by atoms with Gasteiger partial charge in [-0.2, -0.15) is 0 Å². The second kappa shape index (κ2) is 9.91. The summed E-state index contributed by atoms with van der Waals surface area (Å²) in [4.78, 5) is 6.43. The van der Waals surface area contributed by atoms with Crippen LogP contribution in [0, 0.1) is 11.6 Å². The zero-order valence-corrected chi connectivity index (χ0v) is 16.9. The van der Waals surface area contributed by atoms with Crippen LogP contribution in [0.25, 0.3) is 5.57 Å². The number of halogens is 2. The van der Waals surface area contributed by atoms with E-state index in [0.717, 1.165) is 43.0 Å². The summed E-state index contributed by atoms with van der Waals surface area (Å²) in [5.41, 5.74) is 7.94. The molecule has 1 aromatic carbocycles. The molecule has 1 aromatic heterocycles. The molecule has 0 radical (unpaired) electrons. The van der Waals surface area contributed by atoms with Gasteiger partial charge in [0.2, 0.25) is 0 Å². The third-order valence-electron chi connectivity index (χ3n) is 5.03. The number of hydrogen-bond donors (Lipinski definition) is 2. The topological polar surface area (TPSA) is 63.4 Å². The SMILES string of the molecule is C/C(=C1/CO[C@@H]2CN(Cc3ccc(F)cc3)C[C@H]2N1)c1ncccc1F.CCN. The summed E-state index contributed by atoms with van der Waals surface area (Å²) in [7, 11) is 0. The first-order valence-corrected chi connectivity index (χ1v) is 9.87. The number of aromatic nitrogens is 1. The van der Waals surface area contributed by atoms with Crippen LogP contribution in [-0.4, -0.2) is 48.3 Å². The number of nitrogens with one attached hydrogen (secondary N) is 1. The van der Waals surface area contributed by atoms with E-state index in [0.29, 0.717) is 12.3 Å². The van der Waals surface area contributed by atoms with Crippen molar-refractivity contribution in [2.45, 2.75) is 32.5 Å². The van der Waals surface area contributed by atoms with Gasteiger partial charge in [0.1, 0.15) is 17.3 Å². The molecule has 4 rings (SSSR count). The number of ether oxygens (including phenoxy) is 1. The van der Waals surface area contributed by atoms with Gasteiger partial charge in [0.05, 0.1) is 18.8 Å². The van der Waals surface area contributed by atoms with Crippen LogP contribution in [0.3, 0.4) is 0 Å². The van der Waals surface area contributed by atoms with Gasteiger partial charge >= 0.3 is 0 Å². The van der Waals surface area contributed by atoms with Crippen molar-refractivity contribution in [2.75, 3.05) is 26.2 Å². The minimum Gasteiger partial charge on any atom is -0.379 e. The summed E-state index contributed by atoms with van der Waals surface area (Å²) in [6.45, 7) is 7.34. The van der Waals surface area contributed by atoms with Gasteiger partial charge in [0.15, 0.2) is 0 Å². The van der Waals surface area contributed by atoms with Crippen molar-refractivity contribution in [1.82, 2.24) is 15.2 Å². The lowest BCUT2D eigenvalue weighted by Crippen LogP contribution is -2.46. The number of fused-ring (bicyclic) bond motifs is 1. The lowest BCUT2D eigenvalue weighted by Gasteiger charge is -2.30. The molecule has 2 saturated heterocycles. The van der Waals surface area contributed by atoms with E-state index >= 15 is 0 Å². The van der Waals surface area contributed by atoms with Crippen LogP contribution in [0.4, 0.5) is 8.78 Å². The van der Waals surface area contributed by atoms with E-state index < -0.39 is 0 Å². The Labute approximate surface area is 170 Å². The number of likely N-dealkylation sites (tertiary alicyclic amines) is 1. The Morgan fingerprint density at radius 1 is 1.24 bits per heavy atom. The maximum Gasteiger partial charge on any atom is 0.149 e. The Kier molecular flexibility index (Phi) is 7.30. The zero-order chi connectivity index (χ0) is 20.8. The zero-order valence-electron chi connectivity index (χ0n) is 16.9. The molecule has 5 nitrogen and oxygen atoms in total. The molecule has 2 aliphatic rings. The van der Waals surface area contributed by atoms with E-state index in [2.05, 4.69) is 15.2 Å². The van der Waals surface area contributed by atoms with Crippen LogP contribution in [-0.2, 0) is 11.3 Å². The van der Waals surface area contributed by atoms with Crippen LogP contribution in [0.5, 0.6) is 0 Å². The third kappa shape index (κ3) is 5.38. The maximum atomic E-state index is 14.0. The van der Waals surface area contributed by atoms with Gasteiger partial charge < -0.3 is 15.8 Å². The molecule has 2 aliphatic heterocycles. The van der Waals surface area contributed by atoms with Gasteiger partial charge in [-0.1, -0.05) is 19.1 Å². The molecule has 156 valence electrons. The highest BCUT2D eigenvalue weighted by molar-refractivity contribution is 5.64. The van der Waals surface area contributed by atoms with E-state index in [1.54, 1.807) is 12.3 Å². The highest BCUT2D eigenvalue weighted by Crippen LogP contribution is 2.26. The molecule has 0 saturated carbocycles. The largest absolute Gasteiger partial charge is 0.379 e. The maximum absolute atomic E-state index is 14.0. The summed E-state index contributed by atoms with van der Waals surface area (Å²) in [5.74, 6) is -0.549. The average Bonchev–Trinajstić information content (AvgIpc) is 3.11. The molecule has 2 fully saturated rings. The molecule has 0 spiro atoms. The fourth-order valence-electron chi connectivity index (χ4n) is 3.61. The van der Waals surface area contributed by atoms with E-state index in [1.165, 1.54) is 18.2 Å². The minimum absolute atomic E-state index is 0.0978. The summed E-state index contributed by atoms with van der Waals surface area (Å²) < 4.78 is 33.1. The molecule has 2 atom stereocenters. The van der Waals surface area contributed by atoms with Crippen molar-refractivity contribution in [2.24, 2.45) is 5.73 Å². The number of rotatable bonds is 3. The second-order valence-corrected chi connectivity index (χ2v) is 7.27. The molecule has 0 aliphatic carbocycles. The van der Waals surface area contributed by atoms with Crippen LogP contribution in [0.15, 0.2) is 48.3 Å². The number of benzene rings is 1. The molecule has 0 unspecified atom stereocenters. The first-order chi connectivity index (χ1) is 14.0. The van der Waals surface area contributed by atoms with Crippen LogP contribution >= 0.6 is 0 Å². The number of allylic oxidation sites excluding steroid dienone is 1. The molecule has 3 N–H and O–H groups in total. The van der Waals surface area contributed by atoms with Crippen LogP contribution in [0.2, 0.25) is 0 Å². The highest BCUT2D eigenvalue weighted by atomic mass is 19.1. The first kappa shape index (κ1) is 21.4. The molecule has 2 aromatic rings. The van der Waals surface area contributed by atoms with Crippen molar-refractivity contribution in [3.05, 3.63) is 71.2 Å².